The summed E-state index contributed by atoms with van der Waals surface area (Å²) in [5.74, 6) is 1.70. The Hall–Kier alpha value is -2.11. The lowest BCUT2D eigenvalue weighted by molar-refractivity contribution is 0.232. The van der Waals surface area contributed by atoms with Crippen LogP contribution in [-0.4, -0.2) is 33.4 Å². The fourth-order valence-electron chi connectivity index (χ4n) is 2.96. The van der Waals surface area contributed by atoms with E-state index < -0.39 is 0 Å². The van der Waals surface area contributed by atoms with Crippen molar-refractivity contribution in [2.45, 2.75) is 44.7 Å². The summed E-state index contributed by atoms with van der Waals surface area (Å²) in [5, 5.41) is 5.91. The van der Waals surface area contributed by atoms with Gasteiger partial charge in [-0.05, 0) is 25.0 Å². The van der Waals surface area contributed by atoms with Gasteiger partial charge in [-0.25, -0.2) is 4.79 Å². The molecule has 0 radical (unpaired) electrons. The molecular formula is C17H26N2O4. The number of carbonyl (C=O) groups is 1. The first kappa shape index (κ1) is 17.2. The highest BCUT2D eigenvalue weighted by molar-refractivity contribution is 5.74. The van der Waals surface area contributed by atoms with Crippen molar-refractivity contribution in [3.8, 4) is 17.2 Å². The zero-order chi connectivity index (χ0) is 16.7. The quantitative estimate of drug-likeness (QED) is 0.845. The second-order valence-electron chi connectivity index (χ2n) is 5.66. The number of benzene rings is 1. The summed E-state index contributed by atoms with van der Waals surface area (Å²) in [7, 11) is 4.71. The minimum atomic E-state index is -0.145. The highest BCUT2D eigenvalue weighted by Gasteiger charge is 2.18. The van der Waals surface area contributed by atoms with E-state index in [1.807, 2.05) is 6.07 Å². The van der Waals surface area contributed by atoms with Gasteiger partial charge in [0.25, 0.3) is 0 Å². The van der Waals surface area contributed by atoms with Crippen LogP contribution in [0.2, 0.25) is 0 Å². The van der Waals surface area contributed by atoms with Crippen LogP contribution in [0.5, 0.6) is 17.2 Å². The van der Waals surface area contributed by atoms with Gasteiger partial charge in [-0.2, -0.15) is 0 Å². The summed E-state index contributed by atoms with van der Waals surface area (Å²) in [6, 6.07) is 3.81. The minimum absolute atomic E-state index is 0.145. The smallest absolute Gasteiger partial charge is 0.315 e. The van der Waals surface area contributed by atoms with E-state index in [0.29, 0.717) is 23.8 Å². The molecule has 2 amide bonds. The monoisotopic (exact) mass is 322 g/mol. The predicted molar refractivity (Wildman–Crippen MR) is 88.3 cm³/mol. The molecule has 0 unspecified atom stereocenters. The number of hydrogen-bond donors (Lipinski definition) is 2. The van der Waals surface area contributed by atoms with E-state index in [1.54, 1.807) is 27.4 Å². The van der Waals surface area contributed by atoms with Gasteiger partial charge in [0.1, 0.15) is 0 Å². The lowest BCUT2D eigenvalue weighted by Gasteiger charge is -2.23. The van der Waals surface area contributed by atoms with Gasteiger partial charge >= 0.3 is 6.03 Å². The number of amides is 2. The summed E-state index contributed by atoms with van der Waals surface area (Å²) in [6.07, 6.45) is 5.77. The van der Waals surface area contributed by atoms with Crippen LogP contribution in [0.15, 0.2) is 12.1 Å². The van der Waals surface area contributed by atoms with Gasteiger partial charge in [-0.15, -0.1) is 0 Å². The Morgan fingerprint density at radius 3 is 2.35 bits per heavy atom. The van der Waals surface area contributed by atoms with E-state index in [9.17, 15) is 4.79 Å². The number of nitrogens with one attached hydrogen (secondary N) is 2. The molecule has 1 saturated carbocycles. The van der Waals surface area contributed by atoms with Crippen LogP contribution in [0.3, 0.4) is 0 Å². The largest absolute Gasteiger partial charge is 0.493 e. The Morgan fingerprint density at radius 2 is 1.74 bits per heavy atom. The fourth-order valence-corrected chi connectivity index (χ4v) is 2.96. The number of carbonyl (C=O) groups excluding carboxylic acids is 1. The van der Waals surface area contributed by atoms with Crippen LogP contribution >= 0.6 is 0 Å². The van der Waals surface area contributed by atoms with Crippen LogP contribution in [0, 0.1) is 0 Å². The minimum Gasteiger partial charge on any atom is -0.493 e. The first-order valence-electron chi connectivity index (χ1n) is 8.01. The highest BCUT2D eigenvalue weighted by atomic mass is 16.5. The highest BCUT2D eigenvalue weighted by Crippen LogP contribution is 2.39. The normalized spacial score (nSPS) is 14.9. The third-order valence-corrected chi connectivity index (χ3v) is 4.17. The Morgan fingerprint density at radius 1 is 1.04 bits per heavy atom. The van der Waals surface area contributed by atoms with Gasteiger partial charge in [0.2, 0.25) is 5.75 Å². The van der Waals surface area contributed by atoms with E-state index in [2.05, 4.69) is 10.6 Å². The summed E-state index contributed by atoms with van der Waals surface area (Å²) in [6.45, 7) is 0.363. The van der Waals surface area contributed by atoms with Crippen LogP contribution < -0.4 is 24.8 Å². The Bertz CT molecular complexity index is 528. The van der Waals surface area contributed by atoms with Gasteiger partial charge < -0.3 is 24.8 Å². The Kier molecular flexibility index (Phi) is 6.38. The van der Waals surface area contributed by atoms with Crippen LogP contribution in [0.1, 0.15) is 37.7 Å². The molecule has 128 valence electrons. The van der Waals surface area contributed by atoms with Crippen molar-refractivity contribution in [1.82, 2.24) is 10.6 Å². The molecule has 0 aromatic heterocycles. The molecule has 0 atom stereocenters. The Labute approximate surface area is 137 Å². The molecule has 0 bridgehead atoms. The predicted octanol–water partition coefficient (Wildman–Crippen LogP) is 2.84. The van der Waals surface area contributed by atoms with Crippen LogP contribution in [0.4, 0.5) is 4.79 Å². The van der Waals surface area contributed by atoms with Crippen molar-refractivity contribution in [2.75, 3.05) is 21.3 Å². The molecule has 6 heteroatoms. The lowest BCUT2D eigenvalue weighted by Crippen LogP contribution is -2.42. The maximum Gasteiger partial charge on any atom is 0.315 e. The molecule has 6 nitrogen and oxygen atoms in total. The van der Waals surface area contributed by atoms with Crippen molar-refractivity contribution in [3.63, 3.8) is 0 Å². The second kappa shape index (κ2) is 8.50. The first-order valence-corrected chi connectivity index (χ1v) is 8.01. The molecule has 1 aliphatic carbocycles. The summed E-state index contributed by atoms with van der Waals surface area (Å²) in [5.41, 5.74) is 0.837. The van der Waals surface area contributed by atoms with Crippen molar-refractivity contribution in [1.29, 1.82) is 0 Å². The molecular weight excluding hydrogens is 296 g/mol. The SMILES string of the molecule is COc1ccc(CNC(=O)NC2CCCCC2)c(OC)c1OC. The van der Waals surface area contributed by atoms with E-state index >= 15 is 0 Å². The molecule has 0 saturated heterocycles. The van der Waals surface area contributed by atoms with Gasteiger partial charge in [-0.3, -0.25) is 0 Å². The van der Waals surface area contributed by atoms with Crippen LogP contribution in [0.25, 0.3) is 0 Å². The zero-order valence-corrected chi connectivity index (χ0v) is 14.1. The molecule has 1 aromatic rings. The van der Waals surface area contributed by atoms with E-state index in [1.165, 1.54) is 19.3 Å². The molecule has 1 aliphatic rings. The molecule has 2 rings (SSSR count). The van der Waals surface area contributed by atoms with Crippen molar-refractivity contribution >= 4 is 6.03 Å². The molecule has 23 heavy (non-hydrogen) atoms. The average molecular weight is 322 g/mol. The van der Waals surface area contributed by atoms with Gasteiger partial charge in [-0.1, -0.05) is 19.3 Å². The summed E-state index contributed by atoms with van der Waals surface area (Å²) in [4.78, 5) is 12.0. The number of ether oxygens (including phenoxy) is 3. The standard InChI is InChI=1S/C17H26N2O4/c1-21-14-10-9-12(15(22-2)16(14)23-3)11-18-17(20)19-13-7-5-4-6-8-13/h9-10,13H,4-8,11H2,1-3H3,(H2,18,19,20). The molecule has 2 N–H and O–H groups in total. The van der Waals surface area contributed by atoms with Gasteiger partial charge in [0.15, 0.2) is 11.5 Å². The number of hydrogen-bond acceptors (Lipinski definition) is 4. The number of urea groups is 1. The molecule has 0 heterocycles. The Balaban J connectivity index is 1.97. The topological polar surface area (TPSA) is 68.8 Å². The molecule has 1 fully saturated rings. The maximum atomic E-state index is 12.0. The van der Waals surface area contributed by atoms with Gasteiger partial charge in [0.05, 0.1) is 21.3 Å². The van der Waals surface area contributed by atoms with Gasteiger partial charge in [0, 0.05) is 18.2 Å². The molecule has 0 aliphatic heterocycles. The zero-order valence-electron chi connectivity index (χ0n) is 14.1. The first-order chi connectivity index (χ1) is 11.2. The second-order valence-corrected chi connectivity index (χ2v) is 5.66. The fraction of sp³-hybridized carbons (Fsp3) is 0.588. The van der Waals surface area contributed by atoms with Crippen molar-refractivity contribution in [3.05, 3.63) is 17.7 Å². The van der Waals surface area contributed by atoms with E-state index in [4.69, 9.17) is 14.2 Å². The van der Waals surface area contributed by atoms with Crippen molar-refractivity contribution in [2.24, 2.45) is 0 Å². The number of rotatable bonds is 6. The van der Waals surface area contributed by atoms with E-state index in [-0.39, 0.29) is 12.1 Å². The lowest BCUT2D eigenvalue weighted by atomic mass is 9.96. The number of methoxy groups -OCH3 is 3. The third-order valence-electron chi connectivity index (χ3n) is 4.17. The maximum absolute atomic E-state index is 12.0. The molecule has 0 spiro atoms. The molecule has 1 aromatic carbocycles. The third kappa shape index (κ3) is 4.43. The van der Waals surface area contributed by atoms with Crippen molar-refractivity contribution < 1.29 is 19.0 Å². The average Bonchev–Trinajstić information content (AvgIpc) is 2.59. The van der Waals surface area contributed by atoms with E-state index in [0.717, 1.165) is 18.4 Å². The van der Waals surface area contributed by atoms with Crippen LogP contribution in [-0.2, 0) is 6.54 Å². The summed E-state index contributed by atoms with van der Waals surface area (Å²) < 4.78 is 16.0. The summed E-state index contributed by atoms with van der Waals surface area (Å²) >= 11 is 0.